The van der Waals surface area contributed by atoms with Gasteiger partial charge in [0.25, 0.3) is 0 Å². The molecule has 0 aromatic heterocycles. The SMILES string of the molecule is CCCCCCCCCCSC[N+]1=C(C)N(CC)CC1. The minimum atomic E-state index is 1.16. The summed E-state index contributed by atoms with van der Waals surface area (Å²) < 4.78 is 2.54. The van der Waals surface area contributed by atoms with Gasteiger partial charge in [-0.1, -0.05) is 51.9 Å². The van der Waals surface area contributed by atoms with Crippen LogP contribution in [0.3, 0.4) is 0 Å². The van der Waals surface area contributed by atoms with E-state index in [2.05, 4.69) is 42.0 Å². The average molecular weight is 300 g/mol. The van der Waals surface area contributed by atoms with Crippen LogP contribution in [0, 0.1) is 0 Å². The normalized spacial score (nSPS) is 15.4. The summed E-state index contributed by atoms with van der Waals surface area (Å²) in [7, 11) is 0. The number of rotatable bonds is 12. The van der Waals surface area contributed by atoms with Crippen molar-refractivity contribution in [2.75, 3.05) is 31.3 Å². The maximum Gasteiger partial charge on any atom is 0.244 e. The van der Waals surface area contributed by atoms with Gasteiger partial charge in [0, 0.05) is 6.92 Å². The summed E-state index contributed by atoms with van der Waals surface area (Å²) in [5.41, 5.74) is 0. The number of unbranched alkanes of at least 4 members (excludes halogenated alkanes) is 7. The van der Waals surface area contributed by atoms with Gasteiger partial charge in [-0.3, -0.25) is 9.48 Å². The summed E-state index contributed by atoms with van der Waals surface area (Å²) in [4.78, 5) is 2.48. The number of hydrogen-bond acceptors (Lipinski definition) is 2. The summed E-state index contributed by atoms with van der Waals surface area (Å²) in [6, 6.07) is 0. The van der Waals surface area contributed by atoms with E-state index in [1.165, 1.54) is 81.9 Å². The molecule has 118 valence electrons. The third-order valence-corrected chi connectivity index (χ3v) is 5.40. The van der Waals surface area contributed by atoms with Crippen molar-refractivity contribution in [2.45, 2.75) is 72.1 Å². The van der Waals surface area contributed by atoms with E-state index in [0.29, 0.717) is 0 Å². The molecule has 3 heteroatoms. The van der Waals surface area contributed by atoms with Crippen molar-refractivity contribution in [3.8, 4) is 0 Å². The molecule has 0 amide bonds. The van der Waals surface area contributed by atoms with Crippen LogP contribution in [0.25, 0.3) is 0 Å². The standard InChI is InChI=1S/C17H35N2S/c1-4-6-7-8-9-10-11-12-15-20-16-19-14-13-18(5-2)17(19)3/h4-16H2,1-3H3/q+1. The van der Waals surface area contributed by atoms with Crippen LogP contribution in [0.5, 0.6) is 0 Å². The van der Waals surface area contributed by atoms with Gasteiger partial charge in [-0.25, -0.2) is 0 Å². The topological polar surface area (TPSA) is 6.25 Å². The Morgan fingerprint density at radius 3 is 2.25 bits per heavy atom. The fourth-order valence-electron chi connectivity index (χ4n) is 2.82. The van der Waals surface area contributed by atoms with E-state index in [9.17, 15) is 0 Å². The average Bonchev–Trinajstić information content (AvgIpc) is 2.81. The highest BCUT2D eigenvalue weighted by atomic mass is 32.2. The summed E-state index contributed by atoms with van der Waals surface area (Å²) in [6.07, 6.45) is 11.4. The summed E-state index contributed by atoms with van der Waals surface area (Å²) in [5.74, 6) is 4.01. The fourth-order valence-corrected chi connectivity index (χ4v) is 3.90. The van der Waals surface area contributed by atoms with Gasteiger partial charge in [0.15, 0.2) is 0 Å². The minimum absolute atomic E-state index is 1.16. The van der Waals surface area contributed by atoms with E-state index in [0.717, 1.165) is 6.54 Å². The van der Waals surface area contributed by atoms with Gasteiger partial charge >= 0.3 is 0 Å². The van der Waals surface area contributed by atoms with Crippen molar-refractivity contribution < 1.29 is 4.58 Å². The van der Waals surface area contributed by atoms with Gasteiger partial charge in [0.2, 0.25) is 5.84 Å². The van der Waals surface area contributed by atoms with Crippen molar-refractivity contribution in [3.63, 3.8) is 0 Å². The van der Waals surface area contributed by atoms with Gasteiger partial charge in [-0.05, 0) is 19.1 Å². The highest BCUT2D eigenvalue weighted by Gasteiger charge is 2.24. The van der Waals surface area contributed by atoms with E-state index in [1.54, 1.807) is 0 Å². The molecule has 1 aliphatic heterocycles. The van der Waals surface area contributed by atoms with Crippen LogP contribution in [-0.4, -0.2) is 46.6 Å². The first kappa shape index (κ1) is 17.9. The second-order valence-electron chi connectivity index (χ2n) is 5.90. The summed E-state index contributed by atoms with van der Waals surface area (Å²) in [5, 5.41) is 0. The van der Waals surface area contributed by atoms with Crippen LogP contribution in [0.1, 0.15) is 72.1 Å². The molecule has 0 aliphatic carbocycles. The number of nitrogens with zero attached hydrogens (tertiary/aromatic N) is 2. The Morgan fingerprint density at radius 2 is 1.65 bits per heavy atom. The Kier molecular flexibility index (Phi) is 10.3. The second-order valence-corrected chi connectivity index (χ2v) is 6.98. The van der Waals surface area contributed by atoms with E-state index >= 15 is 0 Å². The number of amidine groups is 1. The first-order chi connectivity index (χ1) is 9.79. The van der Waals surface area contributed by atoms with Crippen molar-refractivity contribution >= 4 is 17.6 Å². The van der Waals surface area contributed by atoms with E-state index in [4.69, 9.17) is 0 Å². The third kappa shape index (κ3) is 7.01. The van der Waals surface area contributed by atoms with Crippen LogP contribution in [0.15, 0.2) is 0 Å². The first-order valence-electron chi connectivity index (χ1n) is 8.70. The molecule has 1 heterocycles. The molecule has 0 bridgehead atoms. The fraction of sp³-hybridized carbons (Fsp3) is 0.941. The lowest BCUT2D eigenvalue weighted by Crippen LogP contribution is -2.26. The van der Waals surface area contributed by atoms with E-state index < -0.39 is 0 Å². The van der Waals surface area contributed by atoms with E-state index in [1.807, 2.05) is 0 Å². The van der Waals surface area contributed by atoms with Gasteiger partial charge in [-0.15, -0.1) is 11.8 Å². The maximum absolute atomic E-state index is 2.54. The molecule has 1 aliphatic rings. The Morgan fingerprint density at radius 1 is 1.00 bits per heavy atom. The van der Waals surface area contributed by atoms with Crippen LogP contribution in [-0.2, 0) is 0 Å². The molecule has 1 rings (SSSR count). The molecule has 0 saturated carbocycles. The Balaban J connectivity index is 1.91. The zero-order valence-corrected chi connectivity index (χ0v) is 14.8. The van der Waals surface area contributed by atoms with Crippen LogP contribution < -0.4 is 0 Å². The molecule has 0 radical (unpaired) electrons. The molecular formula is C17H35N2S+. The van der Waals surface area contributed by atoms with Gasteiger partial charge < -0.3 is 0 Å². The lowest BCUT2D eigenvalue weighted by molar-refractivity contribution is -0.497. The Bertz CT molecular complexity index is 276. The first-order valence-corrected chi connectivity index (χ1v) is 9.86. The maximum atomic E-state index is 2.54. The monoisotopic (exact) mass is 299 g/mol. The lowest BCUT2D eigenvalue weighted by atomic mass is 10.1. The molecular weight excluding hydrogens is 264 g/mol. The number of likely N-dealkylation sites (N-methyl/N-ethyl adjacent to an activating group) is 1. The number of thioether (sulfide) groups is 1. The molecule has 0 unspecified atom stereocenters. The van der Waals surface area contributed by atoms with Crippen molar-refractivity contribution in [1.82, 2.24) is 4.90 Å². The zero-order chi connectivity index (χ0) is 14.6. The van der Waals surface area contributed by atoms with Crippen molar-refractivity contribution in [1.29, 1.82) is 0 Å². The summed E-state index contributed by atoms with van der Waals surface area (Å²) >= 11 is 2.12. The van der Waals surface area contributed by atoms with E-state index in [-0.39, 0.29) is 0 Å². The smallest absolute Gasteiger partial charge is 0.244 e. The molecule has 20 heavy (non-hydrogen) atoms. The molecule has 0 atom stereocenters. The van der Waals surface area contributed by atoms with Crippen molar-refractivity contribution in [2.24, 2.45) is 0 Å². The molecule has 0 aromatic rings. The predicted octanol–water partition coefficient (Wildman–Crippen LogP) is 4.58. The Hall–Kier alpha value is -0.180. The molecule has 0 spiro atoms. The predicted molar refractivity (Wildman–Crippen MR) is 93.0 cm³/mol. The molecule has 2 nitrogen and oxygen atoms in total. The molecule has 0 fully saturated rings. The zero-order valence-electron chi connectivity index (χ0n) is 14.0. The van der Waals surface area contributed by atoms with Crippen molar-refractivity contribution in [3.05, 3.63) is 0 Å². The van der Waals surface area contributed by atoms with Crippen LogP contribution >= 0.6 is 11.8 Å². The molecule has 0 N–H and O–H groups in total. The van der Waals surface area contributed by atoms with Gasteiger partial charge in [0.1, 0.15) is 19.0 Å². The highest BCUT2D eigenvalue weighted by Crippen LogP contribution is 2.12. The lowest BCUT2D eigenvalue weighted by Gasteiger charge is -2.06. The molecule has 0 saturated heterocycles. The van der Waals surface area contributed by atoms with Gasteiger partial charge in [0.05, 0.1) is 6.54 Å². The summed E-state index contributed by atoms with van der Waals surface area (Å²) in [6.45, 7) is 10.4. The number of hydrogen-bond donors (Lipinski definition) is 0. The highest BCUT2D eigenvalue weighted by molar-refractivity contribution is 7.99. The largest absolute Gasteiger partial charge is 0.262 e. The van der Waals surface area contributed by atoms with Crippen LogP contribution in [0.4, 0.5) is 0 Å². The van der Waals surface area contributed by atoms with Crippen LogP contribution in [0.2, 0.25) is 0 Å². The quantitative estimate of drug-likeness (QED) is 0.384. The second kappa shape index (κ2) is 11.5. The Labute approximate surface area is 131 Å². The third-order valence-electron chi connectivity index (χ3n) is 4.33. The minimum Gasteiger partial charge on any atom is -0.262 e. The molecule has 0 aromatic carbocycles. The van der Waals surface area contributed by atoms with Gasteiger partial charge in [-0.2, -0.15) is 0 Å².